The number of amides is 1. The van der Waals surface area contributed by atoms with Gasteiger partial charge in [-0.2, -0.15) is 0 Å². The van der Waals surface area contributed by atoms with E-state index in [0.29, 0.717) is 12.8 Å². The molecule has 19 nitrogen and oxygen atoms in total. The van der Waals surface area contributed by atoms with Crippen molar-refractivity contribution in [3.63, 3.8) is 0 Å². The highest BCUT2D eigenvalue weighted by Gasteiger charge is 2.53. The maximum atomic E-state index is 13.4. The van der Waals surface area contributed by atoms with E-state index in [1.165, 1.54) is 57.8 Å². The molecule has 0 aliphatic carbocycles. The first-order valence-corrected chi connectivity index (χ1v) is 31.0. The fraction of sp³-hybridized carbons (Fsp3) is 0.823. The highest BCUT2D eigenvalue weighted by atomic mass is 16.8. The Hall–Kier alpha value is -2.51. The number of nitrogens with one attached hydrogen (secondary N) is 1. The minimum atomic E-state index is -1.97. The van der Waals surface area contributed by atoms with Crippen molar-refractivity contribution >= 4 is 5.91 Å². The van der Waals surface area contributed by atoms with E-state index in [0.717, 1.165) is 103 Å². The molecule has 3 aliphatic rings. The molecule has 3 fully saturated rings. The molecule has 0 bridgehead atoms. The van der Waals surface area contributed by atoms with Crippen LogP contribution in [0.2, 0.25) is 0 Å². The van der Waals surface area contributed by atoms with E-state index in [1.807, 2.05) is 0 Å². The van der Waals surface area contributed by atoms with Gasteiger partial charge in [-0.3, -0.25) is 4.79 Å². The van der Waals surface area contributed by atoms with Gasteiger partial charge in [0, 0.05) is 6.42 Å². The van der Waals surface area contributed by atoms with Crippen LogP contribution in [0.4, 0.5) is 0 Å². The minimum absolute atomic E-state index is 0.250. The van der Waals surface area contributed by atoms with Crippen LogP contribution in [0.15, 0.2) is 60.8 Å². The molecule has 0 aromatic heterocycles. The summed E-state index contributed by atoms with van der Waals surface area (Å²) in [4.78, 5) is 13.4. The van der Waals surface area contributed by atoms with E-state index in [4.69, 9.17) is 28.4 Å². The first-order valence-electron chi connectivity index (χ1n) is 31.0. The number of carbonyl (C=O) groups is 1. The van der Waals surface area contributed by atoms with Crippen molar-refractivity contribution < 1.29 is 89.4 Å². The summed E-state index contributed by atoms with van der Waals surface area (Å²) in [6.45, 7) is 1.65. The molecule has 0 spiro atoms. The number of aliphatic hydroxyl groups is 11. The van der Waals surface area contributed by atoms with Gasteiger partial charge in [-0.1, -0.05) is 190 Å². The number of unbranched alkanes of at least 4 members (excludes halogenated alkanes) is 19. The Kier molecular flexibility index (Phi) is 40.3. The lowest BCUT2D eigenvalue weighted by molar-refractivity contribution is -0.379. The van der Waals surface area contributed by atoms with Crippen LogP contribution in [0.3, 0.4) is 0 Å². The van der Waals surface area contributed by atoms with Crippen molar-refractivity contribution in [3.8, 4) is 0 Å². The van der Waals surface area contributed by atoms with Crippen molar-refractivity contribution in [1.82, 2.24) is 5.32 Å². The van der Waals surface area contributed by atoms with Gasteiger partial charge in [-0.25, -0.2) is 0 Å². The van der Waals surface area contributed by atoms with Crippen molar-refractivity contribution in [3.05, 3.63) is 60.8 Å². The Morgan fingerprint density at radius 2 is 0.852 bits per heavy atom. The highest BCUT2D eigenvalue weighted by molar-refractivity contribution is 5.76. The Bertz CT molecular complexity index is 1710. The molecule has 0 aromatic carbocycles. The molecular weight excluding hydrogens is 1050 g/mol. The predicted molar refractivity (Wildman–Crippen MR) is 309 cm³/mol. The van der Waals surface area contributed by atoms with E-state index in [1.54, 1.807) is 0 Å². The van der Waals surface area contributed by atoms with Crippen LogP contribution < -0.4 is 5.32 Å². The van der Waals surface area contributed by atoms with E-state index >= 15 is 0 Å². The van der Waals surface area contributed by atoms with Crippen LogP contribution >= 0.6 is 0 Å². The monoisotopic (exact) mass is 1160 g/mol. The number of allylic oxidation sites excluding steroid dienone is 10. The van der Waals surface area contributed by atoms with Gasteiger partial charge in [0.1, 0.15) is 73.2 Å². The third kappa shape index (κ3) is 28.5. The smallest absolute Gasteiger partial charge is 0.220 e. The van der Waals surface area contributed by atoms with Crippen molar-refractivity contribution in [2.75, 3.05) is 26.4 Å². The van der Waals surface area contributed by atoms with E-state index < -0.39 is 124 Å². The molecule has 81 heavy (non-hydrogen) atoms. The maximum absolute atomic E-state index is 13.4. The molecular formula is C62H109NO18. The molecule has 17 atom stereocenters. The SMILES string of the molecule is CC/C=C\C/C=C\C/C=C\C/C=C\C/C=C\CCCCCCCCCC(=O)NC(COC1OC(CO)C(OC2OC(CO)C(OC3OC(CO)C(O)C(O)C3O)C(O)C2O)C(O)C1O)C(O)CCCCCCCCCCCCCCC. The Morgan fingerprint density at radius 1 is 0.457 bits per heavy atom. The maximum Gasteiger partial charge on any atom is 0.220 e. The van der Waals surface area contributed by atoms with E-state index in [2.05, 4.69) is 79.9 Å². The predicted octanol–water partition coefficient (Wildman–Crippen LogP) is 6.04. The van der Waals surface area contributed by atoms with E-state index in [-0.39, 0.29) is 18.9 Å². The standard InChI is InChI=1S/C62H109NO18/c1-3-5-7-9-11-13-15-17-18-19-20-21-22-23-24-25-26-28-30-32-34-36-38-40-50(68)63-45(46(67)39-37-35-33-31-29-27-16-14-12-10-8-6-4-2)44-76-60-56(74)53(71)58(48(42-65)78-60)81-62-57(75)54(72)59(49(43-66)79-62)80-61-55(73)52(70)51(69)47(41-64)77-61/h5,7,11,13,17-18,20-21,23-24,45-49,51-62,64-67,69-75H,3-4,6,8-10,12,14-16,19,22,25-44H2,1-2H3,(H,63,68)/b7-5-,13-11-,18-17-,21-20-,24-23-. The fourth-order valence-corrected chi connectivity index (χ4v) is 10.3. The molecule has 1 amide bonds. The first-order chi connectivity index (χ1) is 39.3. The Balaban J connectivity index is 1.47. The molecule has 3 heterocycles. The zero-order valence-corrected chi connectivity index (χ0v) is 49.0. The normalized spacial score (nSPS) is 30.2. The molecule has 12 N–H and O–H groups in total. The van der Waals surface area contributed by atoms with Gasteiger partial charge in [0.15, 0.2) is 18.9 Å². The number of carbonyl (C=O) groups excluding carboxylic acids is 1. The molecule has 0 aromatic rings. The summed E-state index contributed by atoms with van der Waals surface area (Å²) in [5, 5.41) is 120. The summed E-state index contributed by atoms with van der Waals surface area (Å²) < 4.78 is 34.3. The second-order valence-corrected chi connectivity index (χ2v) is 22.1. The lowest BCUT2D eigenvalue weighted by atomic mass is 9.96. The lowest BCUT2D eigenvalue weighted by Gasteiger charge is -2.48. The Morgan fingerprint density at radius 3 is 1.33 bits per heavy atom. The molecule has 0 radical (unpaired) electrons. The zero-order valence-electron chi connectivity index (χ0n) is 49.0. The molecule has 3 aliphatic heterocycles. The summed E-state index contributed by atoms with van der Waals surface area (Å²) >= 11 is 0. The summed E-state index contributed by atoms with van der Waals surface area (Å²) in [5.74, 6) is -0.257. The minimum Gasteiger partial charge on any atom is -0.394 e. The number of rotatable bonds is 45. The number of aliphatic hydroxyl groups excluding tert-OH is 11. The van der Waals surface area contributed by atoms with Crippen LogP contribution in [0.1, 0.15) is 194 Å². The molecule has 470 valence electrons. The first kappa shape index (κ1) is 72.7. The average molecular weight is 1160 g/mol. The van der Waals surface area contributed by atoms with E-state index in [9.17, 15) is 61.0 Å². The average Bonchev–Trinajstić information content (AvgIpc) is 3.57. The summed E-state index contributed by atoms with van der Waals surface area (Å²) in [7, 11) is 0. The molecule has 3 saturated heterocycles. The Labute approximate surface area is 484 Å². The van der Waals surface area contributed by atoms with Crippen molar-refractivity contribution in [1.29, 1.82) is 0 Å². The molecule has 0 saturated carbocycles. The second-order valence-electron chi connectivity index (χ2n) is 22.1. The van der Waals surface area contributed by atoms with Gasteiger partial charge < -0.3 is 89.9 Å². The van der Waals surface area contributed by atoms with Gasteiger partial charge in [0.2, 0.25) is 5.91 Å². The van der Waals surface area contributed by atoms with Crippen LogP contribution in [0, 0.1) is 0 Å². The van der Waals surface area contributed by atoms with Crippen LogP contribution in [0.25, 0.3) is 0 Å². The second kappa shape index (κ2) is 44.9. The largest absolute Gasteiger partial charge is 0.394 e. The number of ether oxygens (including phenoxy) is 6. The highest BCUT2D eigenvalue weighted by Crippen LogP contribution is 2.33. The van der Waals surface area contributed by atoms with Crippen LogP contribution in [-0.2, 0) is 33.2 Å². The summed E-state index contributed by atoms with van der Waals surface area (Å²) in [6.07, 6.45) is 24.4. The van der Waals surface area contributed by atoms with Gasteiger partial charge in [0.05, 0.1) is 38.6 Å². The molecule has 19 heteroatoms. The van der Waals surface area contributed by atoms with Gasteiger partial charge in [-0.05, 0) is 57.8 Å². The number of hydrogen-bond acceptors (Lipinski definition) is 18. The summed E-state index contributed by atoms with van der Waals surface area (Å²) in [5.41, 5.74) is 0. The fourth-order valence-electron chi connectivity index (χ4n) is 10.3. The van der Waals surface area contributed by atoms with Gasteiger partial charge in [0.25, 0.3) is 0 Å². The quantitative estimate of drug-likeness (QED) is 0.0244. The molecule has 3 rings (SSSR count). The molecule has 17 unspecified atom stereocenters. The summed E-state index contributed by atoms with van der Waals surface area (Å²) in [6, 6.07) is -0.895. The lowest BCUT2D eigenvalue weighted by Crippen LogP contribution is -2.66. The van der Waals surface area contributed by atoms with Crippen molar-refractivity contribution in [2.45, 2.75) is 298 Å². The van der Waals surface area contributed by atoms with Crippen molar-refractivity contribution in [2.24, 2.45) is 0 Å². The topological polar surface area (TPSA) is 307 Å². The third-order valence-corrected chi connectivity index (χ3v) is 15.4. The van der Waals surface area contributed by atoms with Gasteiger partial charge >= 0.3 is 0 Å². The third-order valence-electron chi connectivity index (χ3n) is 15.4. The number of hydrogen-bond donors (Lipinski definition) is 12. The van der Waals surface area contributed by atoms with Gasteiger partial charge in [-0.15, -0.1) is 0 Å². The zero-order chi connectivity index (χ0) is 59.0. The van der Waals surface area contributed by atoms with Crippen LogP contribution in [0.5, 0.6) is 0 Å². The van der Waals surface area contributed by atoms with Crippen LogP contribution in [-0.4, -0.2) is 193 Å².